The van der Waals surface area contributed by atoms with Crippen LogP contribution in [-0.2, 0) is 14.2 Å². The molecule has 0 saturated carbocycles. The van der Waals surface area contributed by atoms with Crippen molar-refractivity contribution in [3.63, 3.8) is 0 Å². The highest BCUT2D eigenvalue weighted by Gasteiger charge is 2.49. The second-order valence-corrected chi connectivity index (χ2v) is 8.54. The van der Waals surface area contributed by atoms with Gasteiger partial charge in [0.1, 0.15) is 0 Å². The Morgan fingerprint density at radius 1 is 0.862 bits per heavy atom. The van der Waals surface area contributed by atoms with Gasteiger partial charge < -0.3 is 19.3 Å². The number of allylic oxidation sites excluding steroid dienone is 7. The third kappa shape index (κ3) is 9.43. The number of hydrogen-bond acceptors (Lipinski definition) is 4. The van der Waals surface area contributed by atoms with Crippen molar-refractivity contribution in [2.24, 2.45) is 5.41 Å². The lowest BCUT2D eigenvalue weighted by Crippen LogP contribution is -2.58. The van der Waals surface area contributed by atoms with E-state index in [1.165, 1.54) is 25.7 Å². The van der Waals surface area contributed by atoms with Crippen LogP contribution >= 0.6 is 0 Å². The van der Waals surface area contributed by atoms with Crippen molar-refractivity contribution < 1.29 is 19.3 Å². The normalized spacial score (nSPS) is 28.5. The van der Waals surface area contributed by atoms with E-state index in [1.54, 1.807) is 0 Å². The summed E-state index contributed by atoms with van der Waals surface area (Å²) >= 11 is 0. The monoisotopic (exact) mass is 404 g/mol. The third-order valence-electron chi connectivity index (χ3n) is 5.34. The van der Waals surface area contributed by atoms with Gasteiger partial charge in [-0.1, -0.05) is 75.3 Å². The van der Waals surface area contributed by atoms with Crippen LogP contribution < -0.4 is 0 Å². The number of ether oxygens (including phenoxy) is 3. The first-order chi connectivity index (χ1) is 14.1. The summed E-state index contributed by atoms with van der Waals surface area (Å²) in [6.07, 6.45) is 25.4. The van der Waals surface area contributed by atoms with Crippen LogP contribution in [0, 0.1) is 5.41 Å². The maximum atomic E-state index is 10.1. The number of rotatable bonds is 14. The Labute approximate surface area is 177 Å². The van der Waals surface area contributed by atoms with Gasteiger partial charge >= 0.3 is 0 Å². The second kappa shape index (κ2) is 13.2. The minimum Gasteiger partial charge on any atom is -0.389 e. The first-order valence-corrected chi connectivity index (χ1v) is 11.3. The van der Waals surface area contributed by atoms with Crippen molar-refractivity contribution in [3.05, 3.63) is 48.6 Å². The molecule has 0 radical (unpaired) electrons. The molecule has 1 N–H and O–H groups in total. The molecule has 0 aromatic carbocycles. The molecule has 3 aliphatic heterocycles. The van der Waals surface area contributed by atoms with E-state index in [0.29, 0.717) is 32.7 Å². The molecule has 0 amide bonds. The van der Waals surface area contributed by atoms with Gasteiger partial charge in [-0.25, -0.2) is 0 Å². The van der Waals surface area contributed by atoms with Crippen LogP contribution in [0.25, 0.3) is 0 Å². The summed E-state index contributed by atoms with van der Waals surface area (Å²) in [5.41, 5.74) is -0.00350. The summed E-state index contributed by atoms with van der Waals surface area (Å²) in [7, 11) is 0. The van der Waals surface area contributed by atoms with Crippen molar-refractivity contribution in [2.45, 2.75) is 83.7 Å². The van der Waals surface area contributed by atoms with Gasteiger partial charge in [-0.3, -0.25) is 0 Å². The maximum Gasteiger partial charge on any atom is 0.282 e. The van der Waals surface area contributed by atoms with Gasteiger partial charge in [-0.05, 0) is 38.5 Å². The van der Waals surface area contributed by atoms with E-state index in [2.05, 4.69) is 44.2 Å². The summed E-state index contributed by atoms with van der Waals surface area (Å²) in [6, 6.07) is 0. The Morgan fingerprint density at radius 3 is 2.21 bits per heavy atom. The first kappa shape index (κ1) is 24.1. The molecule has 4 nitrogen and oxygen atoms in total. The number of aliphatic hydroxyl groups excluding tert-OH is 1. The Balaban J connectivity index is 1.50. The molecule has 3 aliphatic rings. The molecule has 2 bridgehead atoms. The van der Waals surface area contributed by atoms with Crippen LogP contribution in [-0.4, -0.2) is 37.0 Å². The minimum absolute atomic E-state index is 0.00350. The molecule has 0 spiro atoms. The molecule has 0 aromatic heterocycles. The topological polar surface area (TPSA) is 47.9 Å². The van der Waals surface area contributed by atoms with Gasteiger partial charge in [0, 0.05) is 11.8 Å². The number of fused-ring (bicyclic) bond motifs is 3. The fourth-order valence-electron chi connectivity index (χ4n) is 3.37. The number of aliphatic hydroxyl groups is 1. The summed E-state index contributed by atoms with van der Waals surface area (Å²) in [5.74, 6) is -0.877. The number of unbranched alkanes of at least 4 members (excludes halogenated alkanes) is 3. The molecule has 4 heteroatoms. The predicted molar refractivity (Wildman–Crippen MR) is 118 cm³/mol. The molecule has 3 heterocycles. The van der Waals surface area contributed by atoms with Crippen molar-refractivity contribution >= 4 is 0 Å². The first-order valence-electron chi connectivity index (χ1n) is 11.3. The SMILES string of the molecule is CCCCC/C=C\C/C=C\C/C=C\C=C\[C@@H](O)CCCC12OCC(C)(CO1)CO2. The zero-order valence-electron chi connectivity index (χ0n) is 18.4. The van der Waals surface area contributed by atoms with Crippen molar-refractivity contribution in [2.75, 3.05) is 19.8 Å². The van der Waals surface area contributed by atoms with Crippen LogP contribution in [0.2, 0.25) is 0 Å². The van der Waals surface area contributed by atoms with Gasteiger partial charge in [0.25, 0.3) is 5.97 Å². The zero-order chi connectivity index (χ0) is 20.8. The Kier molecular flexibility index (Phi) is 10.9. The molecule has 164 valence electrons. The van der Waals surface area contributed by atoms with Gasteiger partial charge in [-0.2, -0.15) is 0 Å². The standard InChI is InChI=1S/C25H40O4/c1-3-4-5-6-7-8-9-10-11-12-13-14-15-17-23(26)18-16-19-25-27-20-24(2,21-28-25)22-29-25/h7-8,10-11,13-15,17,23,26H,3-6,9,12,16,18-22H2,1-2H3/b8-7-,11-10-,14-13-,17-15+/t23-,24?,25?/m1/s1. The summed E-state index contributed by atoms with van der Waals surface area (Å²) in [6.45, 7) is 6.40. The van der Waals surface area contributed by atoms with Crippen molar-refractivity contribution in [3.8, 4) is 0 Å². The van der Waals surface area contributed by atoms with Crippen molar-refractivity contribution in [1.29, 1.82) is 0 Å². The van der Waals surface area contributed by atoms with E-state index < -0.39 is 12.1 Å². The van der Waals surface area contributed by atoms with E-state index in [0.717, 1.165) is 19.3 Å². The lowest BCUT2D eigenvalue weighted by atomic mass is 9.91. The average molecular weight is 405 g/mol. The summed E-state index contributed by atoms with van der Waals surface area (Å²) in [5, 5.41) is 10.1. The molecule has 1 atom stereocenters. The largest absolute Gasteiger partial charge is 0.389 e. The smallest absolute Gasteiger partial charge is 0.282 e. The second-order valence-electron chi connectivity index (χ2n) is 8.54. The fourth-order valence-corrected chi connectivity index (χ4v) is 3.37. The lowest BCUT2D eigenvalue weighted by molar-refractivity contribution is -0.467. The molecule has 29 heavy (non-hydrogen) atoms. The van der Waals surface area contributed by atoms with E-state index in [-0.39, 0.29) is 5.41 Å². The average Bonchev–Trinajstić information content (AvgIpc) is 2.72. The molecule has 3 saturated heterocycles. The summed E-state index contributed by atoms with van der Waals surface area (Å²) in [4.78, 5) is 0. The van der Waals surface area contributed by atoms with Gasteiger partial charge in [0.15, 0.2) is 0 Å². The fraction of sp³-hybridized carbons (Fsp3) is 0.680. The Bertz CT molecular complexity index is 537. The highest BCUT2D eigenvalue weighted by Crippen LogP contribution is 2.40. The van der Waals surface area contributed by atoms with Crippen LogP contribution in [0.3, 0.4) is 0 Å². The maximum absolute atomic E-state index is 10.1. The van der Waals surface area contributed by atoms with Crippen LogP contribution in [0.15, 0.2) is 48.6 Å². The molecule has 3 rings (SSSR count). The lowest BCUT2D eigenvalue weighted by Gasteiger charge is -2.50. The molecule has 0 aliphatic carbocycles. The van der Waals surface area contributed by atoms with Gasteiger partial charge in [0.2, 0.25) is 0 Å². The number of hydrogen-bond donors (Lipinski definition) is 1. The van der Waals surface area contributed by atoms with Crippen LogP contribution in [0.4, 0.5) is 0 Å². The Morgan fingerprint density at radius 2 is 1.52 bits per heavy atom. The van der Waals surface area contributed by atoms with Gasteiger partial charge in [0.05, 0.1) is 25.9 Å². The summed E-state index contributed by atoms with van der Waals surface area (Å²) < 4.78 is 17.3. The van der Waals surface area contributed by atoms with E-state index >= 15 is 0 Å². The van der Waals surface area contributed by atoms with Gasteiger partial charge in [-0.15, -0.1) is 0 Å². The molecule has 0 unspecified atom stereocenters. The van der Waals surface area contributed by atoms with E-state index in [4.69, 9.17) is 14.2 Å². The Hall–Kier alpha value is -1.20. The minimum atomic E-state index is -0.877. The predicted octanol–water partition coefficient (Wildman–Crippen LogP) is 5.84. The molecule has 3 fully saturated rings. The molecular formula is C25H40O4. The van der Waals surface area contributed by atoms with E-state index in [9.17, 15) is 5.11 Å². The van der Waals surface area contributed by atoms with Crippen molar-refractivity contribution in [1.82, 2.24) is 0 Å². The highest BCUT2D eigenvalue weighted by atomic mass is 16.9. The quantitative estimate of drug-likeness (QED) is 0.224. The third-order valence-corrected chi connectivity index (χ3v) is 5.34. The van der Waals surface area contributed by atoms with Crippen LogP contribution in [0.1, 0.15) is 71.6 Å². The highest BCUT2D eigenvalue weighted by molar-refractivity contribution is 5.07. The molecule has 0 aromatic rings. The van der Waals surface area contributed by atoms with E-state index in [1.807, 2.05) is 18.2 Å². The van der Waals surface area contributed by atoms with Crippen LogP contribution in [0.5, 0.6) is 0 Å². The zero-order valence-corrected chi connectivity index (χ0v) is 18.4. The molecular weight excluding hydrogens is 364 g/mol.